The fraction of sp³-hybridized carbons (Fsp3) is 0.467. The van der Waals surface area contributed by atoms with E-state index >= 15 is 0 Å². The molecule has 80 valence electrons. The van der Waals surface area contributed by atoms with Crippen LogP contribution in [0.1, 0.15) is 46.0 Å². The average molecular weight is 200 g/mol. The summed E-state index contributed by atoms with van der Waals surface area (Å²) in [6.07, 6.45) is 15.5. The molecule has 2 aliphatic rings. The monoisotopic (exact) mass is 200 g/mol. The summed E-state index contributed by atoms with van der Waals surface area (Å²) in [5.74, 6) is 0. The minimum Gasteiger partial charge on any atom is -0.0730 e. The molecule has 0 amide bonds. The van der Waals surface area contributed by atoms with Crippen LogP contribution < -0.4 is 0 Å². The average Bonchev–Trinajstić information content (AvgIpc) is 2.25. The molecule has 0 N–H and O–H groups in total. The molecule has 0 aromatic heterocycles. The predicted molar refractivity (Wildman–Crippen MR) is 66.8 cm³/mol. The molecule has 0 nitrogen and oxygen atoms in total. The Morgan fingerprint density at radius 3 is 1.53 bits per heavy atom. The minimum absolute atomic E-state index is 1.20. The van der Waals surface area contributed by atoms with Crippen molar-refractivity contribution in [3.63, 3.8) is 0 Å². The van der Waals surface area contributed by atoms with Crippen molar-refractivity contribution >= 4 is 0 Å². The first-order valence-electron chi connectivity index (χ1n) is 5.94. The van der Waals surface area contributed by atoms with Crippen molar-refractivity contribution in [3.8, 4) is 0 Å². The van der Waals surface area contributed by atoms with Gasteiger partial charge in [-0.15, -0.1) is 0 Å². The smallest absolute Gasteiger partial charge is 0.0102 e. The highest BCUT2D eigenvalue weighted by Crippen LogP contribution is 2.28. The molecular formula is C15H20. The quantitative estimate of drug-likeness (QED) is 0.605. The molecule has 0 atom stereocenters. The highest BCUT2D eigenvalue weighted by Gasteiger charge is 2.08. The molecular weight excluding hydrogens is 180 g/mol. The highest BCUT2D eigenvalue weighted by atomic mass is 14.1. The summed E-state index contributed by atoms with van der Waals surface area (Å²) in [7, 11) is 0. The van der Waals surface area contributed by atoms with Crippen molar-refractivity contribution in [1.82, 2.24) is 0 Å². The SMILES string of the molecule is CC1=CC=C(CC2=CC=C(C)CC2)CC1. The maximum atomic E-state index is 2.32. The molecule has 2 aliphatic carbocycles. The molecule has 0 fully saturated rings. The molecule has 0 heterocycles. The van der Waals surface area contributed by atoms with Gasteiger partial charge in [0.25, 0.3) is 0 Å². The van der Waals surface area contributed by atoms with Gasteiger partial charge in [0.05, 0.1) is 0 Å². The second kappa shape index (κ2) is 4.65. The molecule has 0 bridgehead atoms. The Labute approximate surface area is 93.1 Å². The van der Waals surface area contributed by atoms with Crippen molar-refractivity contribution in [1.29, 1.82) is 0 Å². The Kier molecular flexibility index (Phi) is 3.25. The van der Waals surface area contributed by atoms with Crippen LogP contribution in [0.15, 0.2) is 46.6 Å². The van der Waals surface area contributed by atoms with E-state index in [2.05, 4.69) is 38.2 Å². The third-order valence-corrected chi connectivity index (χ3v) is 3.34. The molecule has 0 saturated carbocycles. The van der Waals surface area contributed by atoms with Crippen LogP contribution in [0, 0.1) is 0 Å². The lowest BCUT2D eigenvalue weighted by atomic mass is 9.90. The molecule has 0 aromatic rings. The van der Waals surface area contributed by atoms with Crippen LogP contribution in [0.5, 0.6) is 0 Å². The van der Waals surface area contributed by atoms with Crippen LogP contribution in [0.25, 0.3) is 0 Å². The van der Waals surface area contributed by atoms with E-state index in [9.17, 15) is 0 Å². The fourth-order valence-corrected chi connectivity index (χ4v) is 2.16. The van der Waals surface area contributed by atoms with Gasteiger partial charge in [0.1, 0.15) is 0 Å². The Bertz CT molecular complexity index is 325. The van der Waals surface area contributed by atoms with E-state index in [0.717, 1.165) is 0 Å². The van der Waals surface area contributed by atoms with Crippen molar-refractivity contribution in [2.75, 3.05) is 0 Å². The fourth-order valence-electron chi connectivity index (χ4n) is 2.16. The summed E-state index contributed by atoms with van der Waals surface area (Å²) in [4.78, 5) is 0. The molecule has 0 aromatic carbocycles. The Morgan fingerprint density at radius 2 is 1.20 bits per heavy atom. The Morgan fingerprint density at radius 1 is 0.733 bits per heavy atom. The van der Waals surface area contributed by atoms with Gasteiger partial charge in [0.15, 0.2) is 0 Å². The van der Waals surface area contributed by atoms with Crippen molar-refractivity contribution in [2.24, 2.45) is 0 Å². The number of allylic oxidation sites excluding steroid dienone is 8. The zero-order valence-corrected chi connectivity index (χ0v) is 9.84. The topological polar surface area (TPSA) is 0 Å². The van der Waals surface area contributed by atoms with Crippen LogP contribution in [0.2, 0.25) is 0 Å². The van der Waals surface area contributed by atoms with E-state index in [1.165, 1.54) is 43.3 Å². The second-order valence-electron chi connectivity index (χ2n) is 4.85. The molecule has 0 radical (unpaired) electrons. The third kappa shape index (κ3) is 2.95. The first-order valence-corrected chi connectivity index (χ1v) is 5.94. The van der Waals surface area contributed by atoms with Crippen LogP contribution in [0.3, 0.4) is 0 Å². The first-order chi connectivity index (χ1) is 7.24. The summed E-state index contributed by atoms with van der Waals surface area (Å²) in [6, 6.07) is 0. The molecule has 0 unspecified atom stereocenters. The van der Waals surface area contributed by atoms with Crippen LogP contribution in [-0.2, 0) is 0 Å². The summed E-state index contributed by atoms with van der Waals surface area (Å²) in [6.45, 7) is 4.44. The summed E-state index contributed by atoms with van der Waals surface area (Å²) < 4.78 is 0. The predicted octanol–water partition coefficient (Wildman–Crippen LogP) is 4.71. The number of hydrogen-bond donors (Lipinski definition) is 0. The van der Waals surface area contributed by atoms with Gasteiger partial charge in [0.2, 0.25) is 0 Å². The second-order valence-corrected chi connectivity index (χ2v) is 4.85. The maximum absolute atomic E-state index is 2.32. The standard InChI is InChI=1S/C15H20/c1-12-3-7-14(8-4-12)11-15-9-5-13(2)6-10-15/h3,5,7,9H,4,6,8,10-11H2,1-2H3. The molecule has 2 rings (SSSR count). The molecule has 0 aliphatic heterocycles. The minimum atomic E-state index is 1.20. The highest BCUT2D eigenvalue weighted by molar-refractivity contribution is 5.30. The largest absolute Gasteiger partial charge is 0.0730 e. The van der Waals surface area contributed by atoms with Gasteiger partial charge in [-0.1, -0.05) is 46.6 Å². The van der Waals surface area contributed by atoms with E-state index in [-0.39, 0.29) is 0 Å². The molecule has 0 spiro atoms. The van der Waals surface area contributed by atoms with Gasteiger partial charge in [-0.25, -0.2) is 0 Å². The van der Waals surface area contributed by atoms with E-state index in [1.54, 1.807) is 11.1 Å². The van der Waals surface area contributed by atoms with Crippen molar-refractivity contribution in [3.05, 3.63) is 46.6 Å². The zero-order chi connectivity index (χ0) is 10.7. The summed E-state index contributed by atoms with van der Waals surface area (Å²) in [5.41, 5.74) is 6.26. The van der Waals surface area contributed by atoms with Crippen LogP contribution in [0.4, 0.5) is 0 Å². The van der Waals surface area contributed by atoms with Gasteiger partial charge in [-0.3, -0.25) is 0 Å². The van der Waals surface area contributed by atoms with Crippen molar-refractivity contribution in [2.45, 2.75) is 46.0 Å². The van der Waals surface area contributed by atoms with Gasteiger partial charge in [-0.05, 0) is 46.0 Å². The third-order valence-electron chi connectivity index (χ3n) is 3.34. The van der Waals surface area contributed by atoms with Gasteiger partial charge < -0.3 is 0 Å². The van der Waals surface area contributed by atoms with Gasteiger partial charge >= 0.3 is 0 Å². The number of rotatable bonds is 2. The summed E-state index contributed by atoms with van der Waals surface area (Å²) in [5, 5.41) is 0. The first kappa shape index (κ1) is 10.5. The summed E-state index contributed by atoms with van der Waals surface area (Å²) >= 11 is 0. The zero-order valence-electron chi connectivity index (χ0n) is 9.84. The maximum Gasteiger partial charge on any atom is -0.0102 e. The molecule has 0 heteroatoms. The molecule has 15 heavy (non-hydrogen) atoms. The Balaban J connectivity index is 1.98. The van der Waals surface area contributed by atoms with Gasteiger partial charge in [0, 0.05) is 0 Å². The lowest BCUT2D eigenvalue weighted by Crippen LogP contribution is -1.96. The van der Waals surface area contributed by atoms with E-state index in [0.29, 0.717) is 0 Å². The Hall–Kier alpha value is -1.04. The van der Waals surface area contributed by atoms with E-state index < -0.39 is 0 Å². The lowest BCUT2D eigenvalue weighted by molar-refractivity contribution is 0.815. The number of hydrogen-bond acceptors (Lipinski definition) is 0. The van der Waals surface area contributed by atoms with Crippen LogP contribution >= 0.6 is 0 Å². The lowest BCUT2D eigenvalue weighted by Gasteiger charge is -2.16. The van der Waals surface area contributed by atoms with Crippen LogP contribution in [-0.4, -0.2) is 0 Å². The molecule has 0 saturated heterocycles. The van der Waals surface area contributed by atoms with Gasteiger partial charge in [-0.2, -0.15) is 0 Å². The van der Waals surface area contributed by atoms with Crippen molar-refractivity contribution < 1.29 is 0 Å². The normalized spacial score (nSPS) is 21.5. The van der Waals surface area contributed by atoms with E-state index in [1.807, 2.05) is 0 Å². The van der Waals surface area contributed by atoms with E-state index in [4.69, 9.17) is 0 Å².